The second-order valence-corrected chi connectivity index (χ2v) is 7.16. The number of nitrogens with one attached hydrogen (secondary N) is 1. The molecule has 0 radical (unpaired) electrons. The van der Waals surface area contributed by atoms with Crippen molar-refractivity contribution in [2.24, 2.45) is 0 Å². The molecule has 0 spiro atoms. The minimum atomic E-state index is -3.79. The van der Waals surface area contributed by atoms with Crippen molar-refractivity contribution in [1.82, 2.24) is 0 Å². The maximum absolute atomic E-state index is 13.4. The van der Waals surface area contributed by atoms with Gasteiger partial charge in [-0.05, 0) is 65.2 Å². The van der Waals surface area contributed by atoms with E-state index in [0.29, 0.717) is 22.5 Å². The molecule has 2 aromatic carbocycles. The van der Waals surface area contributed by atoms with Crippen LogP contribution in [0.15, 0.2) is 39.7 Å². The van der Waals surface area contributed by atoms with E-state index in [1.165, 1.54) is 18.2 Å². The topological polar surface area (TPSA) is 72.2 Å². The molecule has 0 amide bonds. The van der Waals surface area contributed by atoms with Crippen molar-refractivity contribution in [1.29, 1.82) is 0 Å². The molecule has 112 valence electrons. The second-order valence-electron chi connectivity index (χ2n) is 4.66. The largest absolute Gasteiger partial charge is 0.398 e. The van der Waals surface area contributed by atoms with E-state index >= 15 is 0 Å². The summed E-state index contributed by atoms with van der Waals surface area (Å²) in [5, 5.41) is 0. The third-order valence-corrected chi connectivity index (χ3v) is 5.24. The molecule has 0 fully saturated rings. The van der Waals surface area contributed by atoms with Gasteiger partial charge < -0.3 is 5.73 Å². The summed E-state index contributed by atoms with van der Waals surface area (Å²) < 4.78 is 40.9. The number of benzene rings is 2. The van der Waals surface area contributed by atoms with Crippen molar-refractivity contribution in [2.75, 3.05) is 10.5 Å². The number of hydrogen-bond donors (Lipinski definition) is 2. The molecule has 3 N–H and O–H groups in total. The number of nitrogens with two attached hydrogens (primary N) is 1. The highest BCUT2D eigenvalue weighted by Gasteiger charge is 2.19. The highest BCUT2D eigenvalue weighted by molar-refractivity contribution is 9.10. The zero-order valence-corrected chi connectivity index (χ0v) is 13.8. The summed E-state index contributed by atoms with van der Waals surface area (Å²) >= 11 is 3.04. The summed E-state index contributed by atoms with van der Waals surface area (Å²) in [5.74, 6) is -0.449. The van der Waals surface area contributed by atoms with Crippen LogP contribution in [0.2, 0.25) is 0 Å². The third kappa shape index (κ3) is 3.19. The molecule has 0 heterocycles. The van der Waals surface area contributed by atoms with Crippen molar-refractivity contribution in [3.8, 4) is 0 Å². The first-order valence-corrected chi connectivity index (χ1v) is 8.33. The van der Waals surface area contributed by atoms with Gasteiger partial charge in [-0.25, -0.2) is 12.8 Å². The molecule has 0 bridgehead atoms. The first-order chi connectivity index (χ1) is 9.72. The van der Waals surface area contributed by atoms with Crippen LogP contribution in [0.3, 0.4) is 0 Å². The quantitative estimate of drug-likeness (QED) is 0.808. The van der Waals surface area contributed by atoms with Gasteiger partial charge in [0.15, 0.2) is 0 Å². The molecule has 0 atom stereocenters. The molecule has 0 unspecified atom stereocenters. The fourth-order valence-corrected chi connectivity index (χ4v) is 3.62. The highest BCUT2D eigenvalue weighted by Crippen LogP contribution is 2.28. The summed E-state index contributed by atoms with van der Waals surface area (Å²) in [6, 6.07) is 7.33. The highest BCUT2D eigenvalue weighted by atomic mass is 79.9. The Labute approximate surface area is 131 Å². The van der Waals surface area contributed by atoms with E-state index in [1.807, 2.05) is 0 Å². The Morgan fingerprint density at radius 3 is 2.57 bits per heavy atom. The Bertz CT molecular complexity index is 807. The van der Waals surface area contributed by atoms with Crippen LogP contribution in [0.1, 0.15) is 11.1 Å². The number of anilines is 2. The summed E-state index contributed by atoms with van der Waals surface area (Å²) in [6.07, 6.45) is 0. The average Bonchev–Trinajstić information content (AvgIpc) is 2.38. The molecule has 0 saturated heterocycles. The maximum atomic E-state index is 13.4. The maximum Gasteiger partial charge on any atom is 0.262 e. The Balaban J connectivity index is 2.47. The van der Waals surface area contributed by atoms with Crippen LogP contribution in [0.4, 0.5) is 15.8 Å². The van der Waals surface area contributed by atoms with E-state index in [9.17, 15) is 12.8 Å². The van der Waals surface area contributed by atoms with Crippen molar-refractivity contribution in [3.05, 3.63) is 51.7 Å². The predicted molar refractivity (Wildman–Crippen MR) is 85.2 cm³/mol. The molecule has 4 nitrogen and oxygen atoms in total. The van der Waals surface area contributed by atoms with Crippen LogP contribution >= 0.6 is 15.9 Å². The Morgan fingerprint density at radius 2 is 1.90 bits per heavy atom. The number of sulfonamides is 1. The van der Waals surface area contributed by atoms with Crippen molar-refractivity contribution < 1.29 is 12.8 Å². The van der Waals surface area contributed by atoms with Crippen LogP contribution in [0, 0.1) is 19.7 Å². The minimum absolute atomic E-state index is 0.0994. The minimum Gasteiger partial charge on any atom is -0.398 e. The number of rotatable bonds is 3. The number of halogens is 2. The molecule has 0 aliphatic heterocycles. The molecule has 0 aliphatic carbocycles. The van der Waals surface area contributed by atoms with Crippen LogP contribution in [-0.4, -0.2) is 8.42 Å². The van der Waals surface area contributed by atoms with Gasteiger partial charge in [0, 0.05) is 5.69 Å². The van der Waals surface area contributed by atoms with E-state index in [1.54, 1.807) is 26.0 Å². The molecular weight excluding hydrogens is 359 g/mol. The molecular formula is C14H14BrFN2O2S. The lowest BCUT2D eigenvalue weighted by atomic mass is 10.2. The van der Waals surface area contributed by atoms with Crippen LogP contribution < -0.4 is 10.5 Å². The van der Waals surface area contributed by atoms with E-state index < -0.39 is 15.8 Å². The molecule has 21 heavy (non-hydrogen) atoms. The predicted octanol–water partition coefficient (Wildman–Crippen LogP) is 3.59. The Hall–Kier alpha value is -1.60. The van der Waals surface area contributed by atoms with Crippen molar-refractivity contribution in [3.63, 3.8) is 0 Å². The normalized spacial score (nSPS) is 11.4. The average molecular weight is 373 g/mol. The number of nitrogen functional groups attached to an aromatic ring is 1. The Morgan fingerprint density at radius 1 is 1.24 bits per heavy atom. The number of hydrogen-bond acceptors (Lipinski definition) is 3. The summed E-state index contributed by atoms with van der Waals surface area (Å²) in [6.45, 7) is 3.26. The van der Waals surface area contributed by atoms with Gasteiger partial charge in [-0.3, -0.25) is 4.72 Å². The summed E-state index contributed by atoms with van der Waals surface area (Å²) in [5.41, 5.74) is 7.41. The zero-order chi connectivity index (χ0) is 15.8. The van der Waals surface area contributed by atoms with Crippen LogP contribution in [-0.2, 0) is 10.0 Å². The van der Waals surface area contributed by atoms with E-state index in [-0.39, 0.29) is 9.37 Å². The number of aryl methyl sites for hydroxylation is 1. The molecule has 0 saturated carbocycles. The molecule has 2 aromatic rings. The van der Waals surface area contributed by atoms with Crippen molar-refractivity contribution in [2.45, 2.75) is 18.7 Å². The van der Waals surface area contributed by atoms with Gasteiger partial charge in [0.25, 0.3) is 10.0 Å². The van der Waals surface area contributed by atoms with Crippen LogP contribution in [0.25, 0.3) is 0 Å². The molecule has 0 aliphatic rings. The smallest absolute Gasteiger partial charge is 0.262 e. The first-order valence-electron chi connectivity index (χ1n) is 6.06. The van der Waals surface area contributed by atoms with Gasteiger partial charge in [0.05, 0.1) is 15.1 Å². The fraction of sp³-hybridized carbons (Fsp3) is 0.143. The van der Waals surface area contributed by atoms with Gasteiger partial charge >= 0.3 is 0 Å². The van der Waals surface area contributed by atoms with Gasteiger partial charge in [-0.2, -0.15) is 0 Å². The van der Waals surface area contributed by atoms with Gasteiger partial charge in [0.2, 0.25) is 0 Å². The molecule has 0 aromatic heterocycles. The Kier molecular flexibility index (Phi) is 4.25. The third-order valence-electron chi connectivity index (χ3n) is 3.13. The summed E-state index contributed by atoms with van der Waals surface area (Å²) in [4.78, 5) is 0.0994. The second kappa shape index (κ2) is 5.65. The van der Waals surface area contributed by atoms with Crippen molar-refractivity contribution >= 4 is 37.3 Å². The van der Waals surface area contributed by atoms with E-state index in [2.05, 4.69) is 20.7 Å². The van der Waals surface area contributed by atoms with Gasteiger partial charge in [-0.1, -0.05) is 6.07 Å². The molecule has 2 rings (SSSR count). The zero-order valence-electron chi connectivity index (χ0n) is 11.4. The van der Waals surface area contributed by atoms with E-state index in [0.717, 1.165) is 0 Å². The first kappa shape index (κ1) is 15.8. The standard InChI is InChI=1S/C14H14BrFN2O2S/c1-8-6-11(16)10(15)7-13(8)18-21(19,20)14-5-3-4-12(17)9(14)2/h3-7,18H,17H2,1-2H3. The monoisotopic (exact) mass is 372 g/mol. The lowest BCUT2D eigenvalue weighted by Gasteiger charge is -2.14. The van der Waals surface area contributed by atoms with Gasteiger partial charge in [-0.15, -0.1) is 0 Å². The molecule has 7 heteroatoms. The lowest BCUT2D eigenvalue weighted by Crippen LogP contribution is -2.15. The van der Waals surface area contributed by atoms with Crippen LogP contribution in [0.5, 0.6) is 0 Å². The van der Waals surface area contributed by atoms with E-state index in [4.69, 9.17) is 5.73 Å². The SMILES string of the molecule is Cc1cc(F)c(Br)cc1NS(=O)(=O)c1cccc(N)c1C. The summed E-state index contributed by atoms with van der Waals surface area (Å²) in [7, 11) is -3.79. The fourth-order valence-electron chi connectivity index (χ4n) is 1.88. The lowest BCUT2D eigenvalue weighted by molar-refractivity contribution is 0.600. The van der Waals surface area contributed by atoms with Gasteiger partial charge in [0.1, 0.15) is 5.82 Å².